The van der Waals surface area contributed by atoms with Crippen LogP contribution in [0.5, 0.6) is 0 Å². The lowest BCUT2D eigenvalue weighted by atomic mass is 9.70. The molecule has 0 aromatic heterocycles. The van der Waals surface area contributed by atoms with Crippen LogP contribution in [0.2, 0.25) is 0 Å². The largest absolute Gasteiger partial charge is 0.487 e. The molecule has 3 aliphatic rings. The van der Waals surface area contributed by atoms with Gasteiger partial charge in [0, 0.05) is 5.57 Å². The van der Waals surface area contributed by atoms with Crippen LogP contribution >= 0.6 is 0 Å². The number of alkyl halides is 4. The van der Waals surface area contributed by atoms with Crippen LogP contribution in [0.15, 0.2) is 47.7 Å². The maximum absolute atomic E-state index is 14.4. The molecule has 4 rings (SSSR count). The second kappa shape index (κ2) is 10.2. The van der Waals surface area contributed by atoms with Crippen molar-refractivity contribution in [3.05, 3.63) is 58.9 Å². The molecule has 0 aliphatic heterocycles. The molecule has 0 bridgehead atoms. The van der Waals surface area contributed by atoms with E-state index in [0.717, 1.165) is 24.0 Å². The van der Waals surface area contributed by atoms with E-state index >= 15 is 0 Å². The maximum Gasteiger partial charge on any atom is 0.369 e. The Hall–Kier alpha value is -1.78. The molecular formula is C28H36F4O. The molecule has 1 aromatic carbocycles. The highest BCUT2D eigenvalue weighted by atomic mass is 19.3. The highest BCUT2D eigenvalue weighted by Gasteiger charge is 2.63. The Morgan fingerprint density at radius 3 is 2.06 bits per heavy atom. The molecule has 0 amide bonds. The van der Waals surface area contributed by atoms with Crippen molar-refractivity contribution in [3.63, 3.8) is 0 Å². The number of hydrogen-bond donors (Lipinski definition) is 0. The van der Waals surface area contributed by atoms with Crippen molar-refractivity contribution in [2.75, 3.05) is 0 Å². The van der Waals surface area contributed by atoms with Gasteiger partial charge < -0.3 is 4.74 Å². The Balaban J connectivity index is 1.32. The molecule has 33 heavy (non-hydrogen) atoms. The average Bonchev–Trinajstić information content (AvgIpc) is 2.83. The average molecular weight is 465 g/mol. The first-order valence-corrected chi connectivity index (χ1v) is 12.7. The number of allylic oxidation sites excluding steroid dienone is 4. The number of halogens is 4. The zero-order valence-corrected chi connectivity index (χ0v) is 19.6. The first kappa shape index (κ1) is 24.3. The van der Waals surface area contributed by atoms with Gasteiger partial charge in [-0.2, -0.15) is 17.6 Å². The molecule has 1 nitrogen and oxygen atoms in total. The third kappa shape index (κ3) is 5.17. The van der Waals surface area contributed by atoms with Crippen LogP contribution < -0.4 is 0 Å². The van der Waals surface area contributed by atoms with Crippen LogP contribution in [0.1, 0.15) is 94.6 Å². The van der Waals surface area contributed by atoms with Crippen LogP contribution in [0.25, 0.3) is 0 Å². The molecule has 0 radical (unpaired) electrons. The molecule has 0 saturated heterocycles. The fourth-order valence-electron chi connectivity index (χ4n) is 5.97. The van der Waals surface area contributed by atoms with E-state index in [1.54, 1.807) is 6.92 Å². The molecule has 2 fully saturated rings. The Morgan fingerprint density at radius 2 is 1.42 bits per heavy atom. The number of rotatable bonds is 7. The normalized spacial score (nSPS) is 27.5. The molecule has 1 aromatic rings. The lowest BCUT2D eigenvalue weighted by Crippen LogP contribution is -2.45. The molecule has 182 valence electrons. The third-order valence-corrected chi connectivity index (χ3v) is 8.00. The fraction of sp³-hybridized carbons (Fsp3) is 0.643. The standard InChI is InChI=1S/C28H36F4O/c1-2-6-25-17-18-26(28(31,32)27(25,29)30)33-19-20-9-11-22(12-10-20)24-15-13-23(14-16-24)21-7-4-3-5-8-21/h9-12,17-18,21,23-24H,2-8,13-16,19H2,1H3. The Bertz CT molecular complexity index is 841. The molecule has 2 saturated carbocycles. The van der Waals surface area contributed by atoms with Gasteiger partial charge in [0.25, 0.3) is 0 Å². The van der Waals surface area contributed by atoms with Crippen LogP contribution in [0, 0.1) is 11.8 Å². The van der Waals surface area contributed by atoms with E-state index in [4.69, 9.17) is 4.74 Å². The van der Waals surface area contributed by atoms with Crippen molar-refractivity contribution in [1.29, 1.82) is 0 Å². The van der Waals surface area contributed by atoms with Crippen molar-refractivity contribution < 1.29 is 22.3 Å². The smallest absolute Gasteiger partial charge is 0.369 e. The van der Waals surface area contributed by atoms with Gasteiger partial charge >= 0.3 is 11.8 Å². The molecule has 0 spiro atoms. The van der Waals surface area contributed by atoms with Crippen molar-refractivity contribution in [2.24, 2.45) is 11.8 Å². The molecule has 0 heterocycles. The summed E-state index contributed by atoms with van der Waals surface area (Å²) < 4.78 is 62.6. The fourth-order valence-corrected chi connectivity index (χ4v) is 5.97. The van der Waals surface area contributed by atoms with E-state index in [1.807, 2.05) is 24.3 Å². The van der Waals surface area contributed by atoms with E-state index < -0.39 is 23.2 Å². The Morgan fingerprint density at radius 1 is 0.788 bits per heavy atom. The van der Waals surface area contributed by atoms with Gasteiger partial charge in [0.05, 0.1) is 0 Å². The van der Waals surface area contributed by atoms with Gasteiger partial charge in [0.2, 0.25) is 0 Å². The molecule has 3 aliphatic carbocycles. The Kier molecular flexibility index (Phi) is 7.55. The van der Waals surface area contributed by atoms with Gasteiger partial charge in [-0.1, -0.05) is 75.8 Å². The van der Waals surface area contributed by atoms with Crippen LogP contribution in [0.4, 0.5) is 17.6 Å². The predicted molar refractivity (Wildman–Crippen MR) is 123 cm³/mol. The zero-order chi connectivity index (χ0) is 23.5. The van der Waals surface area contributed by atoms with E-state index in [1.165, 1.54) is 63.4 Å². The monoisotopic (exact) mass is 464 g/mol. The SMILES string of the molecule is CCCC1=CC=C(OCc2ccc(C3CCC(C4CCCCC4)CC3)cc2)C(F)(F)C1(F)F. The van der Waals surface area contributed by atoms with E-state index in [2.05, 4.69) is 0 Å². The molecule has 5 heteroatoms. The number of ether oxygens (including phenoxy) is 1. The topological polar surface area (TPSA) is 9.23 Å². The molecule has 0 unspecified atom stereocenters. The second-order valence-electron chi connectivity index (χ2n) is 10.2. The zero-order valence-electron chi connectivity index (χ0n) is 19.6. The highest BCUT2D eigenvalue weighted by Crippen LogP contribution is 2.49. The van der Waals surface area contributed by atoms with Crippen molar-refractivity contribution >= 4 is 0 Å². The first-order valence-electron chi connectivity index (χ1n) is 12.7. The van der Waals surface area contributed by atoms with Crippen molar-refractivity contribution in [1.82, 2.24) is 0 Å². The van der Waals surface area contributed by atoms with Crippen LogP contribution in [-0.2, 0) is 11.3 Å². The summed E-state index contributed by atoms with van der Waals surface area (Å²) in [6.45, 7) is 1.54. The first-order chi connectivity index (χ1) is 15.8. The van der Waals surface area contributed by atoms with Crippen LogP contribution in [0.3, 0.4) is 0 Å². The van der Waals surface area contributed by atoms with Gasteiger partial charge in [-0.25, -0.2) is 0 Å². The minimum absolute atomic E-state index is 0.0591. The van der Waals surface area contributed by atoms with Gasteiger partial charge in [0.15, 0.2) is 5.76 Å². The Labute approximate surface area is 195 Å². The van der Waals surface area contributed by atoms with E-state index in [9.17, 15) is 17.6 Å². The van der Waals surface area contributed by atoms with Crippen LogP contribution in [-0.4, -0.2) is 11.8 Å². The molecular weight excluding hydrogens is 428 g/mol. The van der Waals surface area contributed by atoms with E-state index in [-0.39, 0.29) is 13.0 Å². The summed E-state index contributed by atoms with van der Waals surface area (Å²) in [5.74, 6) is -7.16. The van der Waals surface area contributed by atoms with Gasteiger partial charge in [-0.05, 0) is 67.1 Å². The summed E-state index contributed by atoms with van der Waals surface area (Å²) in [5.41, 5.74) is 1.45. The highest BCUT2D eigenvalue weighted by molar-refractivity contribution is 5.35. The summed E-state index contributed by atoms with van der Waals surface area (Å²) in [6, 6.07) is 7.85. The van der Waals surface area contributed by atoms with E-state index in [0.29, 0.717) is 17.9 Å². The second-order valence-corrected chi connectivity index (χ2v) is 10.2. The lowest BCUT2D eigenvalue weighted by Gasteiger charge is -2.36. The minimum atomic E-state index is -4.33. The number of hydrogen-bond acceptors (Lipinski definition) is 1. The summed E-state index contributed by atoms with van der Waals surface area (Å²) in [6.07, 6.45) is 14.4. The summed E-state index contributed by atoms with van der Waals surface area (Å²) in [4.78, 5) is 0. The van der Waals surface area contributed by atoms with Gasteiger partial charge in [-0.15, -0.1) is 0 Å². The molecule has 0 N–H and O–H groups in total. The van der Waals surface area contributed by atoms with Crippen molar-refractivity contribution in [2.45, 2.75) is 102 Å². The summed E-state index contributed by atoms with van der Waals surface area (Å²) in [7, 11) is 0. The minimum Gasteiger partial charge on any atom is -0.487 e. The summed E-state index contributed by atoms with van der Waals surface area (Å²) in [5, 5.41) is 0. The van der Waals surface area contributed by atoms with Gasteiger partial charge in [-0.3, -0.25) is 0 Å². The maximum atomic E-state index is 14.4. The lowest BCUT2D eigenvalue weighted by molar-refractivity contribution is -0.187. The quantitative estimate of drug-likeness (QED) is 0.366. The van der Waals surface area contributed by atoms with Crippen molar-refractivity contribution in [3.8, 4) is 0 Å². The number of benzene rings is 1. The third-order valence-electron chi connectivity index (χ3n) is 8.00. The predicted octanol–water partition coefficient (Wildman–Crippen LogP) is 8.95. The van der Waals surface area contributed by atoms with Gasteiger partial charge in [0.1, 0.15) is 6.61 Å². The molecule has 0 atom stereocenters. The summed E-state index contributed by atoms with van der Waals surface area (Å²) >= 11 is 0.